The number of aromatic nitrogens is 1. The highest BCUT2D eigenvalue weighted by molar-refractivity contribution is 7.07. The molecule has 0 bridgehead atoms. The van der Waals surface area contributed by atoms with Gasteiger partial charge in [0.05, 0.1) is 43.2 Å². The quantitative estimate of drug-likeness (QED) is 0.489. The van der Waals surface area contributed by atoms with Crippen LogP contribution in [-0.2, 0) is 14.3 Å². The van der Waals surface area contributed by atoms with E-state index in [1.165, 1.54) is 4.57 Å². The largest absolute Gasteiger partial charge is 0.493 e. The van der Waals surface area contributed by atoms with Crippen LogP contribution in [0.3, 0.4) is 0 Å². The van der Waals surface area contributed by atoms with Gasteiger partial charge in [-0.15, -0.1) is 0 Å². The summed E-state index contributed by atoms with van der Waals surface area (Å²) in [6, 6.07) is 10.0. The van der Waals surface area contributed by atoms with Crippen molar-refractivity contribution < 1.29 is 23.8 Å². The lowest BCUT2D eigenvalue weighted by Crippen LogP contribution is -2.40. The van der Waals surface area contributed by atoms with Crippen molar-refractivity contribution in [2.75, 3.05) is 25.6 Å². The summed E-state index contributed by atoms with van der Waals surface area (Å²) in [5.41, 5.74) is 3.47. The minimum absolute atomic E-state index is 0.167. The number of hydrogen-bond acceptors (Lipinski definition) is 8. The molecule has 1 atom stereocenters. The second kappa shape index (κ2) is 9.94. The van der Waals surface area contributed by atoms with Crippen molar-refractivity contribution in [2.45, 2.75) is 33.7 Å². The van der Waals surface area contributed by atoms with Crippen LogP contribution < -0.4 is 29.7 Å². The van der Waals surface area contributed by atoms with Crippen LogP contribution in [0.5, 0.6) is 11.5 Å². The maximum atomic E-state index is 14.1. The highest BCUT2D eigenvalue weighted by Gasteiger charge is 2.35. The summed E-state index contributed by atoms with van der Waals surface area (Å²) < 4.78 is 18.3. The van der Waals surface area contributed by atoms with Crippen LogP contribution in [-0.4, -0.2) is 36.8 Å². The maximum Gasteiger partial charge on any atom is 0.338 e. The average Bonchev–Trinajstić information content (AvgIpc) is 3.37. The summed E-state index contributed by atoms with van der Waals surface area (Å²) >= 11 is 1.13. The first-order chi connectivity index (χ1) is 18.3. The first kappa shape index (κ1) is 25.5. The number of thiazole rings is 1. The van der Waals surface area contributed by atoms with Crippen molar-refractivity contribution in [3.8, 4) is 11.5 Å². The number of hydrogen-bond donors (Lipinski definition) is 1. The molecule has 1 aromatic heterocycles. The molecular formula is C28H27N3O6S. The third-order valence-electron chi connectivity index (χ3n) is 6.44. The van der Waals surface area contributed by atoms with E-state index < -0.39 is 17.6 Å². The van der Waals surface area contributed by atoms with Gasteiger partial charge in [0.2, 0.25) is 0 Å². The predicted octanol–water partition coefficient (Wildman–Crippen LogP) is 2.84. The van der Waals surface area contributed by atoms with Crippen LogP contribution in [0.1, 0.15) is 43.5 Å². The van der Waals surface area contributed by atoms with E-state index in [2.05, 4.69) is 10.3 Å². The monoisotopic (exact) mass is 533 g/mol. The van der Waals surface area contributed by atoms with Crippen molar-refractivity contribution in [3.05, 3.63) is 84.0 Å². The molecule has 0 saturated carbocycles. The number of allylic oxidation sites excluding steroid dienone is 1. The van der Waals surface area contributed by atoms with Crippen LogP contribution in [0.2, 0.25) is 0 Å². The van der Waals surface area contributed by atoms with E-state index in [0.29, 0.717) is 51.0 Å². The van der Waals surface area contributed by atoms with Gasteiger partial charge in [0, 0.05) is 11.3 Å². The molecule has 0 aliphatic carbocycles. The Morgan fingerprint density at radius 3 is 2.58 bits per heavy atom. The van der Waals surface area contributed by atoms with Crippen molar-refractivity contribution in [3.63, 3.8) is 0 Å². The summed E-state index contributed by atoms with van der Waals surface area (Å²) in [6.07, 6.45) is 0. The number of carbonyl (C=O) groups is 2. The van der Waals surface area contributed by atoms with Gasteiger partial charge in [-0.2, -0.15) is 0 Å². The number of aryl methyl sites for hydroxylation is 1. The number of nitrogens with zero attached hydrogens (tertiary/aromatic N) is 2. The highest BCUT2D eigenvalue weighted by Crippen LogP contribution is 2.36. The van der Waals surface area contributed by atoms with Crippen LogP contribution in [0.25, 0.3) is 5.57 Å². The van der Waals surface area contributed by atoms with E-state index in [4.69, 9.17) is 14.2 Å². The van der Waals surface area contributed by atoms with Crippen LogP contribution in [0.15, 0.2) is 57.5 Å². The summed E-state index contributed by atoms with van der Waals surface area (Å²) in [5, 5.41) is 2.85. The zero-order chi connectivity index (χ0) is 27.1. The molecule has 10 heteroatoms. The number of esters is 1. The fraction of sp³-hybridized carbons (Fsp3) is 0.286. The van der Waals surface area contributed by atoms with Crippen molar-refractivity contribution in [1.29, 1.82) is 0 Å². The van der Waals surface area contributed by atoms with Gasteiger partial charge in [0.1, 0.15) is 4.53 Å². The molecule has 38 heavy (non-hydrogen) atoms. The van der Waals surface area contributed by atoms with Gasteiger partial charge >= 0.3 is 5.97 Å². The molecule has 3 heterocycles. The molecule has 3 aromatic rings. The SMILES string of the molecule is CCOC(=O)C1=C(C)N=c2s/c(=C3\C(=O)Nc4ccc(C)cc43)c(=O)n2[C@H]1c1ccc(OC)c(OCC)c1. The minimum Gasteiger partial charge on any atom is -0.493 e. The number of ether oxygens (including phenoxy) is 3. The molecule has 0 radical (unpaired) electrons. The lowest BCUT2D eigenvalue weighted by molar-refractivity contribution is -0.139. The minimum atomic E-state index is -0.841. The molecule has 2 aromatic carbocycles. The van der Waals surface area contributed by atoms with E-state index in [1.807, 2.05) is 32.0 Å². The molecule has 0 saturated heterocycles. The van der Waals surface area contributed by atoms with Crippen LogP contribution >= 0.6 is 11.3 Å². The van der Waals surface area contributed by atoms with Crippen LogP contribution in [0, 0.1) is 6.92 Å². The molecule has 196 valence electrons. The molecule has 5 rings (SSSR count). The number of amides is 1. The number of fused-ring (bicyclic) bond motifs is 2. The molecule has 0 unspecified atom stereocenters. The normalized spacial score (nSPS) is 17.4. The molecule has 0 spiro atoms. The molecule has 1 N–H and O–H groups in total. The standard InChI is InChI=1S/C28H27N3O6S/c1-6-36-20-13-16(9-11-19(20)35-5)23-21(27(34)37-7-2)15(4)29-28-31(23)26(33)24(38-28)22-17-12-14(3)8-10-18(17)30-25(22)32/h8-13,23H,6-7H2,1-5H3,(H,30,32)/b24-22-/t23-/m0/s1. The first-order valence-corrected chi connectivity index (χ1v) is 13.1. The molecule has 0 fully saturated rings. The Balaban J connectivity index is 1.81. The van der Waals surface area contributed by atoms with Gasteiger partial charge in [-0.3, -0.25) is 14.2 Å². The number of methoxy groups -OCH3 is 1. The topological polar surface area (TPSA) is 108 Å². The number of nitrogens with one attached hydrogen (secondary N) is 1. The number of carbonyl (C=O) groups excluding carboxylic acids is 2. The number of rotatable bonds is 6. The second-order valence-electron chi connectivity index (χ2n) is 8.84. The van der Waals surface area contributed by atoms with E-state index >= 15 is 0 Å². The van der Waals surface area contributed by atoms with E-state index in [9.17, 15) is 14.4 Å². The zero-order valence-electron chi connectivity index (χ0n) is 21.7. The molecule has 2 aliphatic heterocycles. The molecular weight excluding hydrogens is 506 g/mol. The second-order valence-corrected chi connectivity index (χ2v) is 9.82. The zero-order valence-corrected chi connectivity index (χ0v) is 22.5. The predicted molar refractivity (Wildman–Crippen MR) is 143 cm³/mol. The van der Waals surface area contributed by atoms with Crippen molar-refractivity contribution in [2.24, 2.45) is 4.99 Å². The Kier molecular flexibility index (Phi) is 6.66. The summed E-state index contributed by atoms with van der Waals surface area (Å²) in [7, 11) is 1.54. The van der Waals surface area contributed by atoms with Gasteiger partial charge in [-0.25, -0.2) is 9.79 Å². The Bertz CT molecular complexity index is 1700. The maximum absolute atomic E-state index is 14.1. The Morgan fingerprint density at radius 1 is 1.08 bits per heavy atom. The van der Waals surface area contributed by atoms with E-state index in [-0.39, 0.29) is 22.6 Å². The van der Waals surface area contributed by atoms with Crippen molar-refractivity contribution in [1.82, 2.24) is 4.57 Å². The highest BCUT2D eigenvalue weighted by atomic mass is 32.1. The van der Waals surface area contributed by atoms with Gasteiger partial charge in [0.25, 0.3) is 11.5 Å². The molecule has 1 amide bonds. The number of benzene rings is 2. The summed E-state index contributed by atoms with van der Waals surface area (Å²) in [5.74, 6) is 0.0926. The summed E-state index contributed by atoms with van der Waals surface area (Å²) in [4.78, 5) is 45.3. The molecule has 9 nitrogen and oxygen atoms in total. The summed E-state index contributed by atoms with van der Waals surface area (Å²) in [6.45, 7) is 7.79. The number of anilines is 1. The van der Waals surface area contributed by atoms with E-state index in [0.717, 1.165) is 16.9 Å². The van der Waals surface area contributed by atoms with Gasteiger partial charge in [0.15, 0.2) is 16.3 Å². The molecule has 2 aliphatic rings. The Morgan fingerprint density at radius 2 is 1.87 bits per heavy atom. The Hall–Kier alpha value is -4.18. The fourth-order valence-corrected chi connectivity index (χ4v) is 5.94. The van der Waals surface area contributed by atoms with Gasteiger partial charge in [-0.1, -0.05) is 29.0 Å². The first-order valence-electron chi connectivity index (χ1n) is 12.2. The third kappa shape index (κ3) is 4.10. The lowest BCUT2D eigenvalue weighted by atomic mass is 9.95. The third-order valence-corrected chi connectivity index (χ3v) is 7.50. The Labute approximate surface area is 222 Å². The van der Waals surface area contributed by atoms with Crippen molar-refractivity contribution >= 4 is 34.5 Å². The van der Waals surface area contributed by atoms with E-state index in [1.54, 1.807) is 39.2 Å². The fourth-order valence-electron chi connectivity index (χ4n) is 4.80. The smallest absolute Gasteiger partial charge is 0.338 e. The lowest BCUT2D eigenvalue weighted by Gasteiger charge is -2.25. The van der Waals surface area contributed by atoms with Crippen LogP contribution in [0.4, 0.5) is 5.69 Å². The van der Waals surface area contributed by atoms with Gasteiger partial charge in [-0.05, 0) is 57.5 Å². The van der Waals surface area contributed by atoms with Gasteiger partial charge < -0.3 is 19.5 Å². The average molecular weight is 534 g/mol.